The predicted molar refractivity (Wildman–Crippen MR) is 76.9 cm³/mol. The van der Waals surface area contributed by atoms with Gasteiger partial charge >= 0.3 is 5.97 Å². The number of ether oxygens (including phenoxy) is 1. The monoisotopic (exact) mass is 264 g/mol. The molecule has 0 aromatic heterocycles. The molecule has 1 rings (SSSR count). The normalized spacial score (nSPS) is 12.5. The molecule has 1 aromatic rings. The third-order valence-electron chi connectivity index (χ3n) is 3.62. The summed E-state index contributed by atoms with van der Waals surface area (Å²) in [6, 6.07) is 3.95. The molecule has 3 nitrogen and oxygen atoms in total. The van der Waals surface area contributed by atoms with Gasteiger partial charge in [-0.3, -0.25) is 4.79 Å². The van der Waals surface area contributed by atoms with Crippen LogP contribution in [0.25, 0.3) is 0 Å². The Kier molecular flexibility index (Phi) is 5.40. The van der Waals surface area contributed by atoms with E-state index in [1.807, 2.05) is 26.0 Å². The van der Waals surface area contributed by atoms with Crippen molar-refractivity contribution < 1.29 is 14.6 Å². The summed E-state index contributed by atoms with van der Waals surface area (Å²) in [6.07, 6.45) is 1.07. The second kappa shape index (κ2) is 6.60. The first-order valence-corrected chi connectivity index (χ1v) is 6.72. The first-order valence-electron chi connectivity index (χ1n) is 6.72. The lowest BCUT2D eigenvalue weighted by molar-refractivity contribution is -0.137. The van der Waals surface area contributed by atoms with Crippen LogP contribution in [0.15, 0.2) is 12.1 Å². The van der Waals surface area contributed by atoms with Crippen molar-refractivity contribution in [2.75, 3.05) is 7.11 Å². The highest BCUT2D eigenvalue weighted by molar-refractivity contribution is 5.68. The van der Waals surface area contributed by atoms with Crippen LogP contribution in [0.1, 0.15) is 49.3 Å². The molecule has 1 atom stereocenters. The van der Waals surface area contributed by atoms with Gasteiger partial charge in [0.15, 0.2) is 0 Å². The van der Waals surface area contributed by atoms with Crippen LogP contribution < -0.4 is 4.74 Å². The summed E-state index contributed by atoms with van der Waals surface area (Å²) in [5, 5.41) is 9.09. The fourth-order valence-corrected chi connectivity index (χ4v) is 2.58. The van der Waals surface area contributed by atoms with E-state index in [9.17, 15) is 4.79 Å². The third kappa shape index (κ3) is 3.98. The number of hydrogen-bond donors (Lipinski definition) is 1. The Morgan fingerprint density at radius 1 is 1.26 bits per heavy atom. The zero-order chi connectivity index (χ0) is 14.6. The van der Waals surface area contributed by atoms with Crippen LogP contribution in [0, 0.1) is 19.8 Å². The van der Waals surface area contributed by atoms with E-state index in [0.717, 1.165) is 28.9 Å². The number of rotatable bonds is 6. The van der Waals surface area contributed by atoms with E-state index in [-0.39, 0.29) is 12.3 Å². The number of carboxylic acids is 1. The van der Waals surface area contributed by atoms with Crippen molar-refractivity contribution in [2.24, 2.45) is 5.92 Å². The average molecular weight is 264 g/mol. The van der Waals surface area contributed by atoms with Gasteiger partial charge in [-0.2, -0.15) is 0 Å². The highest BCUT2D eigenvalue weighted by atomic mass is 16.5. The van der Waals surface area contributed by atoms with Gasteiger partial charge in [0.25, 0.3) is 0 Å². The Hall–Kier alpha value is -1.51. The van der Waals surface area contributed by atoms with Gasteiger partial charge in [-0.1, -0.05) is 19.9 Å². The minimum atomic E-state index is -0.737. The number of hydrogen-bond acceptors (Lipinski definition) is 2. The van der Waals surface area contributed by atoms with E-state index in [0.29, 0.717) is 5.92 Å². The Morgan fingerprint density at radius 3 is 2.37 bits per heavy atom. The lowest BCUT2D eigenvalue weighted by Crippen LogP contribution is -2.11. The first-order chi connectivity index (χ1) is 8.86. The molecular formula is C16H24O3. The second-order valence-corrected chi connectivity index (χ2v) is 5.53. The molecule has 0 bridgehead atoms. The fourth-order valence-electron chi connectivity index (χ4n) is 2.58. The number of methoxy groups -OCH3 is 1. The third-order valence-corrected chi connectivity index (χ3v) is 3.62. The number of aliphatic carboxylic acids is 1. The van der Waals surface area contributed by atoms with Crippen LogP contribution in [-0.4, -0.2) is 18.2 Å². The van der Waals surface area contributed by atoms with Gasteiger partial charge in [-0.25, -0.2) is 0 Å². The molecule has 0 saturated carbocycles. The largest absolute Gasteiger partial charge is 0.496 e. The molecule has 0 aliphatic heterocycles. The van der Waals surface area contributed by atoms with E-state index in [4.69, 9.17) is 9.84 Å². The SMILES string of the molecule is COc1ccc(C(CC(=O)O)CC(C)C)c(C)c1C. The Labute approximate surface area is 115 Å². The lowest BCUT2D eigenvalue weighted by atomic mass is 9.84. The summed E-state index contributed by atoms with van der Waals surface area (Å²) in [6.45, 7) is 8.31. The molecule has 1 N–H and O–H groups in total. The molecule has 0 fully saturated rings. The summed E-state index contributed by atoms with van der Waals surface area (Å²) in [4.78, 5) is 11.1. The minimum absolute atomic E-state index is 0.0714. The van der Waals surface area contributed by atoms with E-state index in [1.54, 1.807) is 7.11 Å². The molecule has 1 unspecified atom stereocenters. The summed E-state index contributed by atoms with van der Waals surface area (Å²) in [5.41, 5.74) is 3.37. The highest BCUT2D eigenvalue weighted by Gasteiger charge is 2.20. The maximum atomic E-state index is 11.1. The molecule has 1 aromatic carbocycles. The van der Waals surface area contributed by atoms with Crippen LogP contribution in [0.5, 0.6) is 5.75 Å². The van der Waals surface area contributed by atoms with Gasteiger partial charge < -0.3 is 9.84 Å². The molecular weight excluding hydrogens is 240 g/mol. The van der Waals surface area contributed by atoms with Crippen molar-refractivity contribution >= 4 is 5.97 Å². The van der Waals surface area contributed by atoms with Crippen molar-refractivity contribution in [2.45, 2.75) is 46.5 Å². The van der Waals surface area contributed by atoms with Gasteiger partial charge in [-0.15, -0.1) is 0 Å². The molecule has 106 valence electrons. The van der Waals surface area contributed by atoms with Gasteiger partial charge in [0.1, 0.15) is 5.75 Å². The summed E-state index contributed by atoms with van der Waals surface area (Å²) in [7, 11) is 1.66. The second-order valence-electron chi connectivity index (χ2n) is 5.53. The molecule has 0 spiro atoms. The van der Waals surface area contributed by atoms with Crippen LogP contribution >= 0.6 is 0 Å². The van der Waals surface area contributed by atoms with Gasteiger partial charge in [0, 0.05) is 0 Å². The molecule has 0 aliphatic rings. The Balaban J connectivity index is 3.15. The molecule has 0 radical (unpaired) electrons. The smallest absolute Gasteiger partial charge is 0.303 e. The van der Waals surface area contributed by atoms with Crippen molar-refractivity contribution in [3.05, 3.63) is 28.8 Å². The van der Waals surface area contributed by atoms with Crippen molar-refractivity contribution in [1.29, 1.82) is 0 Å². The van der Waals surface area contributed by atoms with E-state index < -0.39 is 5.97 Å². The predicted octanol–water partition coefficient (Wildman–Crippen LogP) is 3.92. The fraction of sp³-hybridized carbons (Fsp3) is 0.562. The molecule has 3 heteroatoms. The topological polar surface area (TPSA) is 46.5 Å². The molecule has 0 saturated heterocycles. The maximum Gasteiger partial charge on any atom is 0.303 e. The Morgan fingerprint density at radius 2 is 1.89 bits per heavy atom. The average Bonchev–Trinajstić information content (AvgIpc) is 2.30. The summed E-state index contributed by atoms with van der Waals surface area (Å²) in [5.74, 6) is 0.673. The minimum Gasteiger partial charge on any atom is -0.496 e. The zero-order valence-electron chi connectivity index (χ0n) is 12.5. The van der Waals surface area contributed by atoms with E-state index in [2.05, 4.69) is 13.8 Å². The van der Waals surface area contributed by atoms with Gasteiger partial charge in [-0.05, 0) is 54.9 Å². The van der Waals surface area contributed by atoms with Crippen molar-refractivity contribution in [3.8, 4) is 5.75 Å². The zero-order valence-corrected chi connectivity index (χ0v) is 12.5. The van der Waals surface area contributed by atoms with Gasteiger partial charge in [0.2, 0.25) is 0 Å². The standard InChI is InChI=1S/C16H24O3/c1-10(2)8-13(9-16(17)18)14-6-7-15(19-5)12(4)11(14)3/h6-7,10,13H,8-9H2,1-5H3,(H,17,18). The molecule has 0 aliphatic carbocycles. The lowest BCUT2D eigenvalue weighted by Gasteiger charge is -2.22. The van der Waals surface area contributed by atoms with E-state index >= 15 is 0 Å². The number of carboxylic acid groups (broad SMARTS) is 1. The van der Waals surface area contributed by atoms with Crippen LogP contribution in [0.3, 0.4) is 0 Å². The van der Waals surface area contributed by atoms with Crippen LogP contribution in [0.2, 0.25) is 0 Å². The molecule has 19 heavy (non-hydrogen) atoms. The van der Waals surface area contributed by atoms with E-state index in [1.165, 1.54) is 0 Å². The highest BCUT2D eigenvalue weighted by Crippen LogP contribution is 2.34. The van der Waals surface area contributed by atoms with Crippen LogP contribution in [-0.2, 0) is 4.79 Å². The summed E-state index contributed by atoms with van der Waals surface area (Å²) < 4.78 is 5.31. The first kappa shape index (κ1) is 15.5. The molecule has 0 heterocycles. The molecule has 0 amide bonds. The Bertz CT molecular complexity index is 450. The number of benzene rings is 1. The van der Waals surface area contributed by atoms with Crippen molar-refractivity contribution in [1.82, 2.24) is 0 Å². The quantitative estimate of drug-likeness (QED) is 0.847. The van der Waals surface area contributed by atoms with Crippen molar-refractivity contribution in [3.63, 3.8) is 0 Å². The van der Waals surface area contributed by atoms with Crippen LogP contribution in [0.4, 0.5) is 0 Å². The maximum absolute atomic E-state index is 11.1. The number of carbonyl (C=O) groups is 1. The summed E-state index contributed by atoms with van der Waals surface area (Å²) >= 11 is 0. The van der Waals surface area contributed by atoms with Gasteiger partial charge in [0.05, 0.1) is 13.5 Å².